The van der Waals surface area contributed by atoms with Gasteiger partial charge in [-0.3, -0.25) is 52.7 Å². The first kappa shape index (κ1) is 114. The van der Waals surface area contributed by atoms with Crippen LogP contribution in [-0.2, 0) is 102 Å². The molecule has 0 radical (unpaired) electrons. The Kier molecular flexibility index (Phi) is 47.8. The normalized spacial score (nSPS) is 16.2. The fourth-order valence-corrected chi connectivity index (χ4v) is 22.7. The highest BCUT2D eigenvalue weighted by Gasteiger charge is 2.37. The van der Waals surface area contributed by atoms with Gasteiger partial charge < -0.3 is 50.3 Å². The van der Waals surface area contributed by atoms with Crippen molar-refractivity contribution in [2.45, 2.75) is 297 Å². The van der Waals surface area contributed by atoms with Crippen LogP contribution in [0.1, 0.15) is 290 Å². The van der Waals surface area contributed by atoms with Crippen molar-refractivity contribution in [2.75, 3.05) is 59.9 Å². The lowest BCUT2D eigenvalue weighted by atomic mass is 9.87. The lowest BCUT2D eigenvalue weighted by molar-refractivity contribution is -0.131. The molecule has 4 fully saturated rings. The molecule has 29 heteroatoms. The molecule has 0 bridgehead atoms. The first-order chi connectivity index (χ1) is 67.2. The maximum Gasteiger partial charge on any atom is 0.224 e. The van der Waals surface area contributed by atoms with E-state index in [0.717, 1.165) is 119 Å². The summed E-state index contributed by atoms with van der Waals surface area (Å²) in [5, 5.41) is 18.9. The molecule has 8 aromatic rings. The van der Waals surface area contributed by atoms with Gasteiger partial charge in [-0.1, -0.05) is 120 Å². The van der Waals surface area contributed by atoms with Gasteiger partial charge in [0.2, 0.25) is 29.5 Å². The van der Waals surface area contributed by atoms with E-state index in [9.17, 15) is 57.5 Å². The maximum absolute atomic E-state index is 13.6. The van der Waals surface area contributed by atoms with Crippen LogP contribution in [0.2, 0.25) is 0 Å². The van der Waals surface area contributed by atoms with E-state index in [1.165, 1.54) is 53.5 Å². The first-order valence-corrected chi connectivity index (χ1v) is 53.9. The second-order valence-corrected chi connectivity index (χ2v) is 43.5. The van der Waals surface area contributed by atoms with Crippen molar-refractivity contribution in [3.63, 3.8) is 0 Å². The number of fused-ring (bicyclic) bond motifs is 4. The van der Waals surface area contributed by atoms with Crippen molar-refractivity contribution in [1.29, 1.82) is 0 Å². The molecule has 4 aliphatic heterocycles. The number of allylic oxidation sites excluding steroid dienone is 4. The largest absolute Gasteiger partial charge is 0.381 e. The van der Waals surface area contributed by atoms with Crippen LogP contribution >= 0.6 is 45.3 Å². The smallest absolute Gasteiger partial charge is 0.224 e. The van der Waals surface area contributed by atoms with Gasteiger partial charge in [0.1, 0.15) is 17.3 Å². The highest BCUT2D eigenvalue weighted by molar-refractivity contribution is 7.19. The van der Waals surface area contributed by atoms with Gasteiger partial charge in [-0.05, 0) is 233 Å². The monoisotopic (exact) mass is 1990 g/mol. The second kappa shape index (κ2) is 58.8. The molecule has 140 heavy (non-hydrogen) atoms. The zero-order chi connectivity index (χ0) is 101. The number of Topliss-reactive ketones (excluding diaryl/α,β-unsaturated/α-hetero) is 3. The number of ether oxygens (including phenoxy) is 4. The van der Waals surface area contributed by atoms with Crippen LogP contribution < -0.4 is 26.6 Å². The van der Waals surface area contributed by atoms with Crippen LogP contribution in [0.25, 0.3) is 40.9 Å². The van der Waals surface area contributed by atoms with Crippen molar-refractivity contribution >= 4 is 156 Å². The number of nitrogens with one attached hydrogen (secondary N) is 5. The van der Waals surface area contributed by atoms with E-state index in [1.54, 1.807) is 52.4 Å². The summed E-state index contributed by atoms with van der Waals surface area (Å²) >= 11 is 6.37. The molecular formula is C111H151N9O16S4. The van der Waals surface area contributed by atoms with Crippen molar-refractivity contribution in [3.8, 4) is 0 Å². The van der Waals surface area contributed by atoms with E-state index < -0.39 is 23.7 Å². The van der Waals surface area contributed by atoms with Gasteiger partial charge in [-0.2, -0.15) is 0 Å². The van der Waals surface area contributed by atoms with Gasteiger partial charge in [0.05, 0.1) is 84.6 Å². The van der Waals surface area contributed by atoms with E-state index in [4.69, 9.17) is 38.9 Å². The Morgan fingerprint density at radius 1 is 0.357 bits per heavy atom. The van der Waals surface area contributed by atoms with Crippen molar-refractivity contribution in [3.05, 3.63) is 166 Å². The molecule has 8 heterocycles. The Morgan fingerprint density at radius 2 is 0.600 bits per heavy atom. The third-order valence-corrected chi connectivity index (χ3v) is 31.3. The fourth-order valence-electron chi connectivity index (χ4n) is 18.3. The highest BCUT2D eigenvalue weighted by atomic mass is 32.1. The Hall–Kier alpha value is -9.72. The van der Waals surface area contributed by atoms with Gasteiger partial charge in [-0.25, -0.2) is 19.9 Å². The summed E-state index contributed by atoms with van der Waals surface area (Å²) in [6.07, 6.45) is 19.7. The second-order valence-electron chi connectivity index (χ2n) is 39.0. The molecule has 4 aromatic carbocycles. The highest BCUT2D eigenvalue weighted by Crippen LogP contribution is 2.37. The van der Waals surface area contributed by atoms with E-state index in [0.29, 0.717) is 166 Å². The van der Waals surface area contributed by atoms with E-state index in [1.807, 2.05) is 38.1 Å². The molecule has 5 amide bonds. The summed E-state index contributed by atoms with van der Waals surface area (Å²) < 4.78 is 26.4. The minimum atomic E-state index is -0.544. The van der Waals surface area contributed by atoms with Crippen LogP contribution in [0, 0.1) is 47.3 Å². The SMILES string of the molecule is C=CC(=O)CC[C@@H](NC(=O)[C@@H](CC(=O)CC)Cc1nc2ccc(C(C)C)cc2s1)C1CCOCC1.C=CC(=O)CC[C@@H](NC(=O)[C@@H](CC(=O)CCC)Cc1nc2ccc(C(C)C)cc2s1)C1CCOCC1.C=CC(=O)CC[C@@H](NC(=O)[C@@H](CC(=O)NC)Cc1nc2ccc(C(C)C)cc2s1)C1CCOCC1.C=CC(=O)CC[C@@H](NC(=O)[C@@H](CC(C)=O)Cc1nc2ccc(C(C)C)cc2s1)C1CCOCC1. The van der Waals surface area contributed by atoms with E-state index in [-0.39, 0.29) is 144 Å². The molecule has 0 saturated carbocycles. The van der Waals surface area contributed by atoms with Crippen LogP contribution in [-0.4, -0.2) is 174 Å². The lowest BCUT2D eigenvalue weighted by Crippen LogP contribution is -2.46. The van der Waals surface area contributed by atoms with Crippen molar-refractivity contribution in [1.82, 2.24) is 46.5 Å². The summed E-state index contributed by atoms with van der Waals surface area (Å²) in [7, 11) is 1.58. The number of rotatable bonds is 51. The van der Waals surface area contributed by atoms with Crippen LogP contribution in [0.3, 0.4) is 0 Å². The third-order valence-electron chi connectivity index (χ3n) is 27.1. The Labute approximate surface area is 843 Å². The molecule has 8 atom stereocenters. The van der Waals surface area contributed by atoms with E-state index >= 15 is 0 Å². The minimum absolute atomic E-state index is 0.0205. The van der Waals surface area contributed by atoms with Crippen molar-refractivity contribution < 1.29 is 76.5 Å². The zero-order valence-corrected chi connectivity index (χ0v) is 87.8. The van der Waals surface area contributed by atoms with Crippen LogP contribution in [0.4, 0.5) is 0 Å². The predicted molar refractivity (Wildman–Crippen MR) is 562 cm³/mol. The molecular weight excluding hydrogens is 1840 g/mol. The number of aromatic nitrogens is 4. The zero-order valence-electron chi connectivity index (χ0n) is 84.5. The third kappa shape index (κ3) is 36.9. The number of nitrogens with zero attached hydrogens (tertiary/aromatic N) is 4. The molecule has 4 aliphatic rings. The molecule has 12 rings (SSSR count). The Morgan fingerprint density at radius 3 is 0.821 bits per heavy atom. The lowest BCUT2D eigenvalue weighted by Gasteiger charge is -2.32. The topological polar surface area (TPSA) is 353 Å². The van der Waals surface area contributed by atoms with Crippen LogP contribution in [0.15, 0.2) is 123 Å². The summed E-state index contributed by atoms with van der Waals surface area (Å²) in [6, 6.07) is 24.7. The Balaban J connectivity index is 0.000000209. The maximum atomic E-state index is 13.6. The van der Waals surface area contributed by atoms with Gasteiger partial charge in [-0.15, -0.1) is 45.3 Å². The molecule has 0 aliphatic carbocycles. The minimum Gasteiger partial charge on any atom is -0.381 e. The van der Waals surface area contributed by atoms with E-state index in [2.05, 4.69) is 157 Å². The molecule has 0 spiro atoms. The number of carbonyl (C=O) groups excluding carboxylic acids is 12. The number of benzene rings is 4. The number of hydrogen-bond donors (Lipinski definition) is 5. The first-order valence-electron chi connectivity index (χ1n) is 50.6. The Bertz CT molecular complexity index is 5320. The molecule has 5 N–H and O–H groups in total. The number of carbonyl (C=O) groups is 12. The number of ketones is 7. The summed E-state index contributed by atoms with van der Waals surface area (Å²) in [5.74, 6) is 0.0311. The summed E-state index contributed by atoms with van der Waals surface area (Å²) in [4.78, 5) is 170. The molecule has 4 saturated heterocycles. The van der Waals surface area contributed by atoms with Gasteiger partial charge >= 0.3 is 0 Å². The predicted octanol–water partition coefficient (Wildman–Crippen LogP) is 20.3. The number of thiazole rings is 4. The average Bonchev–Trinajstić information content (AvgIpc) is 1.69. The average molecular weight is 2000 g/mol. The van der Waals surface area contributed by atoms with Crippen LogP contribution in [0.5, 0.6) is 0 Å². The molecule has 4 aromatic heterocycles. The number of amides is 5. The quantitative estimate of drug-likeness (QED) is 0.0221. The molecule has 0 unspecified atom stereocenters. The van der Waals surface area contributed by atoms with Gasteiger partial charge in [0.15, 0.2) is 23.1 Å². The molecule has 760 valence electrons. The van der Waals surface area contributed by atoms with Gasteiger partial charge in [0, 0.05) is 174 Å². The standard InChI is InChI=1S/C29H40N2O4S.C28H38N2O4S.C27H37N3O4S.C27H36N2O4S/c1-5-7-24(33)16-22(18-28-30-26-10-8-21(19(3)4)17-27(26)36-28)29(34)31-25(11-9-23(32)6-2)20-12-14-35-15-13-20;1-5-22(31)8-10-24(19-11-13-34-14-12-19)30-28(33)21(15-23(32)6-2)17-27-29-25-9-7-20(18(3)4)16-26(25)35-27;1-5-21(31)7-9-22(18-10-12-34-13-11-18)30-27(33)20(15-25(32)28-4)16-26-29-23-8-6-19(17(2)3)14-24(23)35-26;1-5-22(31)7-9-23(19-10-12-33-13-11-19)29-27(32)21(14-18(4)30)16-26-28-24-8-6-20(17(2)3)15-25(24)34-26/h6,8,10,17,19-20,22,25H,2,5,7,9,11-16,18H2,1,3-4H3,(H,31,34);5,7,9,16,18-19,21,24H,1,6,8,10-15,17H2,2-4H3,(H,30,33);5-6,8,14,17-18,20,22H,1,7,9-13,15-16H2,2-4H3,(H,28,32)(H,30,33);5-6,8,15,17,19,21,23H,1,7,9-14,16H2,2-4H3,(H,29,32)/t22-,25+;21-,24+;20-,22+;21-,23+/m0000/s1. The summed E-state index contributed by atoms with van der Waals surface area (Å²) in [6.45, 7) is 42.1. The fraction of sp³-hybridized carbons (Fsp3) is 0.568. The number of hydrogen-bond acceptors (Lipinski definition) is 24. The summed E-state index contributed by atoms with van der Waals surface area (Å²) in [5.41, 5.74) is 8.73. The van der Waals surface area contributed by atoms with Gasteiger partial charge in [0.25, 0.3) is 0 Å². The van der Waals surface area contributed by atoms with Crippen molar-refractivity contribution in [2.24, 2.45) is 47.3 Å². The molecule has 25 nitrogen and oxygen atoms in total.